The van der Waals surface area contributed by atoms with Gasteiger partial charge in [0.2, 0.25) is 0 Å². The molecular formula is C32H26ClF4N3O2. The molecule has 5 nitrogen and oxygen atoms in total. The maximum absolute atomic E-state index is 13.5. The molecule has 5 rings (SSSR count). The normalized spacial score (nSPS) is 17.3. The molecule has 216 valence electrons. The lowest BCUT2D eigenvalue weighted by atomic mass is 9.73. The summed E-state index contributed by atoms with van der Waals surface area (Å²) in [4.78, 5) is 15.1. The minimum absolute atomic E-state index is 0.0625. The van der Waals surface area contributed by atoms with E-state index in [2.05, 4.69) is 6.07 Å². The third-order valence-electron chi connectivity index (χ3n) is 7.65. The molecule has 0 spiro atoms. The molecule has 1 aliphatic heterocycles. The lowest BCUT2D eigenvalue weighted by molar-refractivity contribution is -0.137. The van der Waals surface area contributed by atoms with Crippen molar-refractivity contribution >= 4 is 23.1 Å². The molecule has 0 radical (unpaired) electrons. The molecule has 0 saturated heterocycles. The molecule has 0 amide bonds. The molecule has 3 aromatic carbocycles. The summed E-state index contributed by atoms with van der Waals surface area (Å²) in [7, 11) is 0. The van der Waals surface area contributed by atoms with Gasteiger partial charge in [-0.15, -0.1) is 0 Å². The van der Waals surface area contributed by atoms with Crippen LogP contribution in [0.2, 0.25) is 5.02 Å². The Bertz CT molecular complexity index is 1690. The summed E-state index contributed by atoms with van der Waals surface area (Å²) in [6.45, 7) is 3.84. The first kappa shape index (κ1) is 29.2. The van der Waals surface area contributed by atoms with E-state index in [9.17, 15) is 27.6 Å². The Hall–Kier alpha value is -4.29. The van der Waals surface area contributed by atoms with Crippen molar-refractivity contribution in [2.24, 2.45) is 5.73 Å². The lowest BCUT2D eigenvalue weighted by Gasteiger charge is -2.40. The summed E-state index contributed by atoms with van der Waals surface area (Å²) >= 11 is 6.14. The first-order valence-electron chi connectivity index (χ1n) is 13.2. The van der Waals surface area contributed by atoms with E-state index in [0.29, 0.717) is 41.1 Å². The van der Waals surface area contributed by atoms with Crippen molar-refractivity contribution in [3.8, 4) is 11.8 Å². The van der Waals surface area contributed by atoms with E-state index in [0.717, 1.165) is 34.9 Å². The second-order valence-electron chi connectivity index (χ2n) is 10.4. The number of halogens is 5. The zero-order chi connectivity index (χ0) is 30.3. The maximum atomic E-state index is 13.5. The van der Waals surface area contributed by atoms with Crippen LogP contribution < -0.4 is 15.4 Å². The Morgan fingerprint density at radius 3 is 2.45 bits per heavy atom. The molecule has 2 N–H and O–H groups in total. The highest BCUT2D eigenvalue weighted by atomic mass is 35.5. The molecule has 10 heteroatoms. The van der Waals surface area contributed by atoms with Crippen molar-refractivity contribution in [1.82, 2.24) is 0 Å². The Balaban J connectivity index is 1.61. The molecule has 3 aromatic rings. The van der Waals surface area contributed by atoms with Crippen LogP contribution >= 0.6 is 11.6 Å². The van der Waals surface area contributed by atoms with Crippen LogP contribution in [0.15, 0.2) is 77.3 Å². The van der Waals surface area contributed by atoms with Crippen molar-refractivity contribution < 1.29 is 27.1 Å². The fourth-order valence-electron chi connectivity index (χ4n) is 5.65. The third kappa shape index (κ3) is 5.35. The van der Waals surface area contributed by atoms with Gasteiger partial charge >= 0.3 is 6.18 Å². The first-order chi connectivity index (χ1) is 19.9. The molecule has 2 aliphatic rings. The highest BCUT2D eigenvalue weighted by Crippen LogP contribution is 2.47. The quantitative estimate of drug-likeness (QED) is 0.302. The average molecular weight is 596 g/mol. The van der Waals surface area contributed by atoms with E-state index in [-0.39, 0.29) is 35.2 Å². The molecule has 0 bridgehead atoms. The van der Waals surface area contributed by atoms with Crippen molar-refractivity contribution in [2.75, 3.05) is 4.90 Å². The SMILES string of the molecule is Cc1cc(COc2ccc(F)cc2Cl)c(C)c(C2C(C#N)=C(N)N(c3ccc(C(F)(F)F)cc3)C3=C2C(=O)CCC3)c1. The molecule has 1 aliphatic carbocycles. The van der Waals surface area contributed by atoms with Gasteiger partial charge in [0.1, 0.15) is 24.0 Å². The molecule has 1 atom stereocenters. The Morgan fingerprint density at radius 1 is 1.10 bits per heavy atom. The van der Waals surface area contributed by atoms with Crippen LogP contribution in [0.5, 0.6) is 5.75 Å². The number of ether oxygens (including phenoxy) is 1. The molecular weight excluding hydrogens is 570 g/mol. The van der Waals surface area contributed by atoms with Crippen molar-refractivity contribution in [1.29, 1.82) is 5.26 Å². The van der Waals surface area contributed by atoms with Gasteiger partial charge in [0.25, 0.3) is 0 Å². The average Bonchev–Trinajstić information content (AvgIpc) is 2.93. The molecule has 1 heterocycles. The third-order valence-corrected chi connectivity index (χ3v) is 7.95. The predicted octanol–water partition coefficient (Wildman–Crippen LogP) is 8.00. The number of nitrogens with zero attached hydrogens (tertiary/aromatic N) is 2. The van der Waals surface area contributed by atoms with Gasteiger partial charge in [-0.3, -0.25) is 9.69 Å². The number of benzene rings is 3. The van der Waals surface area contributed by atoms with Crippen molar-refractivity contribution in [2.45, 2.75) is 51.8 Å². The maximum Gasteiger partial charge on any atom is 0.416 e. The largest absolute Gasteiger partial charge is 0.487 e. The summed E-state index contributed by atoms with van der Waals surface area (Å²) < 4.78 is 59.1. The number of aryl methyl sites for hydroxylation is 1. The standard InChI is InChI=1S/C32H26ClF4N3O2/c1-17-12-19(16-42-28-11-8-21(34)14-25(28)33)18(2)23(13-17)29-24(15-38)31(39)40(26-4-3-5-27(41)30(26)29)22-9-6-20(7-10-22)32(35,36)37/h6-14,29H,3-5,16,39H2,1-2H3. The zero-order valence-electron chi connectivity index (χ0n) is 22.8. The van der Waals surface area contributed by atoms with E-state index in [4.69, 9.17) is 22.1 Å². The number of allylic oxidation sites excluding steroid dienone is 3. The number of hydrogen-bond donors (Lipinski definition) is 1. The molecule has 0 saturated carbocycles. The fraction of sp³-hybridized carbons (Fsp3) is 0.250. The van der Waals surface area contributed by atoms with Crippen LogP contribution in [-0.2, 0) is 17.6 Å². The van der Waals surface area contributed by atoms with Crippen molar-refractivity contribution in [3.63, 3.8) is 0 Å². The topological polar surface area (TPSA) is 79.3 Å². The highest BCUT2D eigenvalue weighted by molar-refractivity contribution is 6.32. The van der Waals surface area contributed by atoms with E-state index in [1.807, 2.05) is 26.0 Å². The van der Waals surface area contributed by atoms with Crippen LogP contribution in [0, 0.1) is 31.0 Å². The predicted molar refractivity (Wildman–Crippen MR) is 151 cm³/mol. The molecule has 0 fully saturated rings. The van der Waals surface area contributed by atoms with Gasteiger partial charge in [-0.1, -0.05) is 29.3 Å². The van der Waals surface area contributed by atoms with E-state index >= 15 is 0 Å². The number of nitriles is 1. The number of nitrogens with two attached hydrogens (primary N) is 1. The molecule has 1 unspecified atom stereocenters. The van der Waals surface area contributed by atoms with Crippen LogP contribution in [0.25, 0.3) is 0 Å². The Kier molecular flexibility index (Phi) is 7.78. The number of Topliss-reactive ketones (excluding diaryl/α,β-unsaturated/α-hetero) is 1. The van der Waals surface area contributed by atoms with E-state index in [1.54, 1.807) is 0 Å². The van der Waals surface area contributed by atoms with Crippen LogP contribution in [0.1, 0.15) is 53.0 Å². The second kappa shape index (κ2) is 11.2. The van der Waals surface area contributed by atoms with E-state index in [1.165, 1.54) is 29.2 Å². The summed E-state index contributed by atoms with van der Waals surface area (Å²) in [5, 5.41) is 10.5. The Morgan fingerprint density at radius 2 is 1.81 bits per heavy atom. The second-order valence-corrected chi connectivity index (χ2v) is 10.8. The first-order valence-corrected chi connectivity index (χ1v) is 13.6. The van der Waals surface area contributed by atoms with Crippen LogP contribution in [0.4, 0.5) is 23.2 Å². The monoisotopic (exact) mass is 595 g/mol. The Labute approximate surface area is 245 Å². The van der Waals surface area contributed by atoms with Crippen molar-refractivity contribution in [3.05, 3.63) is 116 Å². The van der Waals surface area contributed by atoms with Crippen LogP contribution in [-0.4, -0.2) is 5.78 Å². The number of carbonyl (C=O) groups is 1. The highest BCUT2D eigenvalue weighted by Gasteiger charge is 2.41. The number of alkyl halides is 3. The molecule has 0 aromatic heterocycles. The zero-order valence-corrected chi connectivity index (χ0v) is 23.5. The van der Waals surface area contributed by atoms with Gasteiger partial charge in [-0.05, 0) is 85.8 Å². The smallest absolute Gasteiger partial charge is 0.416 e. The van der Waals surface area contributed by atoms with E-state index < -0.39 is 23.5 Å². The minimum Gasteiger partial charge on any atom is -0.487 e. The summed E-state index contributed by atoms with van der Waals surface area (Å²) in [6.07, 6.45) is -3.23. The number of carbonyl (C=O) groups excluding carboxylic acids is 1. The number of ketones is 1. The summed E-state index contributed by atoms with van der Waals surface area (Å²) in [5.41, 5.74) is 10.3. The summed E-state index contributed by atoms with van der Waals surface area (Å²) in [5.74, 6) is -1.03. The van der Waals surface area contributed by atoms with Gasteiger partial charge in [0, 0.05) is 23.4 Å². The van der Waals surface area contributed by atoms with Gasteiger partial charge < -0.3 is 10.5 Å². The summed E-state index contributed by atoms with van der Waals surface area (Å²) in [6, 6.07) is 14.4. The van der Waals surface area contributed by atoms with Crippen LogP contribution in [0.3, 0.4) is 0 Å². The van der Waals surface area contributed by atoms with Gasteiger partial charge in [-0.2, -0.15) is 18.4 Å². The minimum atomic E-state index is -4.51. The van der Waals surface area contributed by atoms with Gasteiger partial charge in [0.15, 0.2) is 5.78 Å². The number of anilines is 1. The number of rotatable bonds is 5. The fourth-order valence-corrected chi connectivity index (χ4v) is 5.87. The van der Waals surface area contributed by atoms with Gasteiger partial charge in [-0.25, -0.2) is 4.39 Å². The molecule has 42 heavy (non-hydrogen) atoms. The lowest BCUT2D eigenvalue weighted by Crippen LogP contribution is -2.39. The number of hydrogen-bond acceptors (Lipinski definition) is 5. The van der Waals surface area contributed by atoms with Gasteiger partial charge in [0.05, 0.1) is 28.1 Å².